The third kappa shape index (κ3) is 1.31. The van der Waals surface area contributed by atoms with Crippen molar-refractivity contribution in [3.63, 3.8) is 0 Å². The summed E-state index contributed by atoms with van der Waals surface area (Å²) in [6.45, 7) is 1.79. The molecule has 0 aliphatic heterocycles. The number of H-pyrrole nitrogens is 1. The van der Waals surface area contributed by atoms with Crippen molar-refractivity contribution in [3.8, 4) is 0 Å². The van der Waals surface area contributed by atoms with Gasteiger partial charge in [0, 0.05) is 21.8 Å². The molecule has 0 amide bonds. The van der Waals surface area contributed by atoms with E-state index in [2.05, 4.69) is 23.2 Å². The predicted octanol–water partition coefficient (Wildman–Crippen LogP) is 3.37. The Bertz CT molecular complexity index is 652. The number of rotatable bonds is 1. The Hall–Kier alpha value is -1.80. The van der Waals surface area contributed by atoms with Crippen LogP contribution in [0, 0.1) is 0 Å². The second-order valence-electron chi connectivity index (χ2n) is 4.15. The monoisotopic (exact) mass is 211 g/mol. The lowest BCUT2D eigenvalue weighted by molar-refractivity contribution is 0.199. The highest BCUT2D eigenvalue weighted by atomic mass is 16.3. The average Bonchev–Trinajstić information content (AvgIpc) is 2.66. The van der Waals surface area contributed by atoms with Gasteiger partial charge in [-0.25, -0.2) is 0 Å². The molecule has 2 N–H and O–H groups in total. The number of hydrogen-bond donors (Lipinski definition) is 2. The molecule has 0 aliphatic carbocycles. The van der Waals surface area contributed by atoms with Crippen LogP contribution in [0.3, 0.4) is 0 Å². The summed E-state index contributed by atoms with van der Waals surface area (Å²) in [4.78, 5) is 3.36. The van der Waals surface area contributed by atoms with Crippen molar-refractivity contribution in [2.24, 2.45) is 0 Å². The van der Waals surface area contributed by atoms with Gasteiger partial charge in [0.25, 0.3) is 0 Å². The van der Waals surface area contributed by atoms with Crippen LogP contribution in [0.25, 0.3) is 21.8 Å². The highest BCUT2D eigenvalue weighted by Crippen LogP contribution is 2.27. The van der Waals surface area contributed by atoms with Crippen LogP contribution in [0.5, 0.6) is 0 Å². The van der Waals surface area contributed by atoms with Crippen molar-refractivity contribution in [1.29, 1.82) is 0 Å². The van der Waals surface area contributed by atoms with Gasteiger partial charge >= 0.3 is 0 Å². The number of aromatic nitrogens is 1. The topological polar surface area (TPSA) is 36.0 Å². The standard InChI is InChI=1S/C14H13NO/c1-9(16)10-6-7-14-12(8-10)11-4-2-3-5-13(11)15-14/h2-9,15-16H,1H3. The molecule has 0 bridgehead atoms. The molecular weight excluding hydrogens is 198 g/mol. The molecule has 1 unspecified atom stereocenters. The summed E-state index contributed by atoms with van der Waals surface area (Å²) in [7, 11) is 0. The quantitative estimate of drug-likeness (QED) is 0.636. The van der Waals surface area contributed by atoms with Crippen molar-refractivity contribution in [2.75, 3.05) is 0 Å². The van der Waals surface area contributed by atoms with Gasteiger partial charge in [0.05, 0.1) is 6.10 Å². The third-order valence-corrected chi connectivity index (χ3v) is 3.01. The summed E-state index contributed by atoms with van der Waals surface area (Å²) in [5.74, 6) is 0. The Morgan fingerprint density at radius 1 is 1.00 bits per heavy atom. The van der Waals surface area contributed by atoms with Gasteiger partial charge in [-0.15, -0.1) is 0 Å². The second-order valence-corrected chi connectivity index (χ2v) is 4.15. The van der Waals surface area contributed by atoms with Crippen molar-refractivity contribution >= 4 is 21.8 Å². The van der Waals surface area contributed by atoms with Gasteiger partial charge in [0.2, 0.25) is 0 Å². The maximum atomic E-state index is 9.58. The van der Waals surface area contributed by atoms with Crippen LogP contribution in [0.1, 0.15) is 18.6 Å². The fourth-order valence-corrected chi connectivity index (χ4v) is 2.13. The van der Waals surface area contributed by atoms with E-state index in [1.807, 2.05) is 24.3 Å². The summed E-state index contributed by atoms with van der Waals surface area (Å²) >= 11 is 0. The first kappa shape index (κ1) is 9.43. The summed E-state index contributed by atoms with van der Waals surface area (Å²) < 4.78 is 0. The molecule has 3 aromatic rings. The van der Waals surface area contributed by atoms with Crippen LogP contribution in [0.4, 0.5) is 0 Å². The summed E-state index contributed by atoms with van der Waals surface area (Å²) in [5.41, 5.74) is 3.21. The number of aliphatic hydroxyl groups is 1. The largest absolute Gasteiger partial charge is 0.389 e. The van der Waals surface area contributed by atoms with E-state index >= 15 is 0 Å². The van der Waals surface area contributed by atoms with E-state index in [0.717, 1.165) is 16.6 Å². The second kappa shape index (κ2) is 3.35. The molecule has 0 saturated heterocycles. The fourth-order valence-electron chi connectivity index (χ4n) is 2.13. The first-order valence-corrected chi connectivity index (χ1v) is 5.44. The lowest BCUT2D eigenvalue weighted by Gasteiger charge is -2.03. The molecule has 0 saturated carbocycles. The normalized spacial score (nSPS) is 13.4. The highest BCUT2D eigenvalue weighted by Gasteiger charge is 2.06. The van der Waals surface area contributed by atoms with Crippen molar-refractivity contribution in [2.45, 2.75) is 13.0 Å². The Morgan fingerprint density at radius 2 is 1.75 bits per heavy atom. The zero-order valence-corrected chi connectivity index (χ0v) is 9.07. The highest BCUT2D eigenvalue weighted by molar-refractivity contribution is 6.07. The van der Waals surface area contributed by atoms with E-state index < -0.39 is 6.10 Å². The van der Waals surface area contributed by atoms with Crippen LogP contribution in [0.2, 0.25) is 0 Å². The molecule has 0 radical (unpaired) electrons. The Balaban J connectivity index is 2.40. The zero-order chi connectivity index (χ0) is 11.1. The van der Waals surface area contributed by atoms with E-state index in [9.17, 15) is 5.11 Å². The summed E-state index contributed by atoms with van der Waals surface area (Å²) in [6, 6.07) is 14.3. The van der Waals surface area contributed by atoms with E-state index in [4.69, 9.17) is 0 Å². The molecule has 0 spiro atoms. The summed E-state index contributed by atoms with van der Waals surface area (Å²) in [5, 5.41) is 12.0. The number of aromatic amines is 1. The lowest BCUT2D eigenvalue weighted by atomic mass is 10.1. The van der Waals surface area contributed by atoms with E-state index in [1.165, 1.54) is 10.8 Å². The van der Waals surface area contributed by atoms with Crippen LogP contribution in [0.15, 0.2) is 42.5 Å². The number of fused-ring (bicyclic) bond motifs is 3. The molecule has 3 rings (SSSR count). The molecule has 2 nitrogen and oxygen atoms in total. The number of hydrogen-bond acceptors (Lipinski definition) is 1. The van der Waals surface area contributed by atoms with Crippen molar-refractivity contribution in [3.05, 3.63) is 48.0 Å². The maximum absolute atomic E-state index is 9.58. The van der Waals surface area contributed by atoms with Gasteiger partial charge in [-0.1, -0.05) is 24.3 Å². The average molecular weight is 211 g/mol. The Labute approximate surface area is 93.5 Å². The van der Waals surface area contributed by atoms with Crippen LogP contribution in [-0.4, -0.2) is 10.1 Å². The minimum atomic E-state index is -0.418. The number of nitrogens with one attached hydrogen (secondary N) is 1. The molecule has 0 aliphatic rings. The minimum absolute atomic E-state index is 0.418. The number of benzene rings is 2. The zero-order valence-electron chi connectivity index (χ0n) is 9.07. The molecule has 1 aromatic heterocycles. The molecule has 1 heterocycles. The van der Waals surface area contributed by atoms with Crippen LogP contribution >= 0.6 is 0 Å². The molecule has 80 valence electrons. The molecule has 1 atom stereocenters. The molecule has 16 heavy (non-hydrogen) atoms. The van der Waals surface area contributed by atoms with Gasteiger partial charge in [-0.05, 0) is 30.7 Å². The first-order valence-electron chi connectivity index (χ1n) is 5.44. The Morgan fingerprint density at radius 3 is 2.56 bits per heavy atom. The molecule has 2 heteroatoms. The van der Waals surface area contributed by atoms with Gasteiger partial charge in [0.1, 0.15) is 0 Å². The van der Waals surface area contributed by atoms with Crippen molar-refractivity contribution < 1.29 is 5.11 Å². The van der Waals surface area contributed by atoms with E-state index in [-0.39, 0.29) is 0 Å². The number of para-hydroxylation sites is 1. The van der Waals surface area contributed by atoms with Crippen molar-refractivity contribution in [1.82, 2.24) is 4.98 Å². The van der Waals surface area contributed by atoms with Gasteiger partial charge in [-0.3, -0.25) is 0 Å². The molecule has 2 aromatic carbocycles. The number of aliphatic hydroxyl groups excluding tert-OH is 1. The van der Waals surface area contributed by atoms with Gasteiger partial charge < -0.3 is 10.1 Å². The lowest BCUT2D eigenvalue weighted by Crippen LogP contribution is -1.89. The minimum Gasteiger partial charge on any atom is -0.389 e. The predicted molar refractivity (Wildman–Crippen MR) is 66.4 cm³/mol. The van der Waals surface area contributed by atoms with Gasteiger partial charge in [0.15, 0.2) is 0 Å². The van der Waals surface area contributed by atoms with Crippen LogP contribution in [-0.2, 0) is 0 Å². The Kier molecular flexibility index (Phi) is 1.98. The van der Waals surface area contributed by atoms with E-state index in [1.54, 1.807) is 6.92 Å². The fraction of sp³-hybridized carbons (Fsp3) is 0.143. The summed E-state index contributed by atoms with van der Waals surface area (Å²) in [6.07, 6.45) is -0.418. The first-order chi connectivity index (χ1) is 7.75. The third-order valence-electron chi connectivity index (χ3n) is 3.01. The smallest absolute Gasteiger partial charge is 0.0762 e. The molecular formula is C14H13NO. The maximum Gasteiger partial charge on any atom is 0.0762 e. The molecule has 0 fully saturated rings. The van der Waals surface area contributed by atoms with Crippen LogP contribution < -0.4 is 0 Å². The van der Waals surface area contributed by atoms with Gasteiger partial charge in [-0.2, -0.15) is 0 Å². The SMILES string of the molecule is CC(O)c1ccc2[nH]c3ccccc3c2c1. The van der Waals surface area contributed by atoms with E-state index in [0.29, 0.717) is 0 Å².